The highest BCUT2D eigenvalue weighted by atomic mass is 16.4. The molecule has 1 aromatic rings. The standard InChI is InChI=1S/C11H12N2O2/c14-11(15)10-5-9(6-13-7-10)8-1-3-12-4-2-8/h1,5-7,12H,2-4H2,(H,14,15). The minimum absolute atomic E-state index is 0.243. The molecule has 0 radical (unpaired) electrons. The fourth-order valence-electron chi connectivity index (χ4n) is 1.62. The highest BCUT2D eigenvalue weighted by Crippen LogP contribution is 2.19. The molecule has 0 aromatic carbocycles. The minimum atomic E-state index is -0.932. The second kappa shape index (κ2) is 4.23. The van der Waals surface area contributed by atoms with Crippen molar-refractivity contribution in [2.45, 2.75) is 6.42 Å². The number of aromatic nitrogens is 1. The molecule has 1 aliphatic rings. The number of rotatable bonds is 2. The molecule has 0 atom stereocenters. The van der Waals surface area contributed by atoms with Crippen LogP contribution in [0.3, 0.4) is 0 Å². The zero-order valence-electron chi connectivity index (χ0n) is 8.23. The van der Waals surface area contributed by atoms with E-state index in [1.807, 2.05) is 0 Å². The van der Waals surface area contributed by atoms with Gasteiger partial charge in [0.05, 0.1) is 5.56 Å². The molecule has 78 valence electrons. The Bertz CT molecular complexity index is 413. The van der Waals surface area contributed by atoms with Crippen LogP contribution in [-0.2, 0) is 0 Å². The summed E-state index contributed by atoms with van der Waals surface area (Å²) < 4.78 is 0. The van der Waals surface area contributed by atoms with Gasteiger partial charge in [-0.3, -0.25) is 4.98 Å². The SMILES string of the molecule is O=C(O)c1cncc(C2=CCNCC2)c1. The highest BCUT2D eigenvalue weighted by Gasteiger charge is 2.09. The van der Waals surface area contributed by atoms with Crippen molar-refractivity contribution in [3.05, 3.63) is 35.7 Å². The molecule has 0 spiro atoms. The summed E-state index contributed by atoms with van der Waals surface area (Å²) in [7, 11) is 0. The smallest absolute Gasteiger partial charge is 0.337 e. The first kappa shape index (κ1) is 9.86. The lowest BCUT2D eigenvalue weighted by Crippen LogP contribution is -2.20. The normalized spacial score (nSPS) is 15.9. The number of carboxylic acids is 1. The molecule has 1 aliphatic heterocycles. The molecule has 0 fully saturated rings. The van der Waals surface area contributed by atoms with Crippen LogP contribution in [0.2, 0.25) is 0 Å². The molecule has 0 saturated carbocycles. The summed E-state index contributed by atoms with van der Waals surface area (Å²) in [5.41, 5.74) is 2.33. The van der Waals surface area contributed by atoms with Crippen molar-refractivity contribution < 1.29 is 9.90 Å². The zero-order valence-corrected chi connectivity index (χ0v) is 8.23. The van der Waals surface area contributed by atoms with Crippen molar-refractivity contribution in [2.75, 3.05) is 13.1 Å². The van der Waals surface area contributed by atoms with Gasteiger partial charge in [0.1, 0.15) is 0 Å². The maximum Gasteiger partial charge on any atom is 0.337 e. The van der Waals surface area contributed by atoms with E-state index in [0.29, 0.717) is 0 Å². The average Bonchev–Trinajstić information content (AvgIpc) is 2.30. The Hall–Kier alpha value is -1.68. The summed E-state index contributed by atoms with van der Waals surface area (Å²) in [6, 6.07) is 1.67. The molecule has 2 rings (SSSR count). The number of aromatic carboxylic acids is 1. The van der Waals surface area contributed by atoms with Crippen LogP contribution in [0.5, 0.6) is 0 Å². The van der Waals surface area contributed by atoms with Crippen molar-refractivity contribution in [3.8, 4) is 0 Å². The van der Waals surface area contributed by atoms with E-state index < -0.39 is 5.97 Å². The lowest BCUT2D eigenvalue weighted by Gasteiger charge is -2.13. The maximum atomic E-state index is 10.8. The Labute approximate surface area is 87.7 Å². The minimum Gasteiger partial charge on any atom is -0.478 e. The number of nitrogens with one attached hydrogen (secondary N) is 1. The predicted octanol–water partition coefficient (Wildman–Crippen LogP) is 1.16. The summed E-state index contributed by atoms with van der Waals surface area (Å²) in [5.74, 6) is -0.932. The van der Waals surface area contributed by atoms with Crippen LogP contribution < -0.4 is 5.32 Å². The van der Waals surface area contributed by atoms with Gasteiger partial charge in [0, 0.05) is 18.9 Å². The van der Waals surface area contributed by atoms with E-state index in [9.17, 15) is 4.79 Å². The third-order valence-electron chi connectivity index (χ3n) is 2.42. The Balaban J connectivity index is 2.31. The van der Waals surface area contributed by atoms with Gasteiger partial charge in [-0.1, -0.05) is 6.08 Å². The lowest BCUT2D eigenvalue weighted by molar-refractivity contribution is 0.0696. The Morgan fingerprint density at radius 1 is 1.47 bits per heavy atom. The Morgan fingerprint density at radius 2 is 2.33 bits per heavy atom. The first-order valence-electron chi connectivity index (χ1n) is 4.86. The largest absolute Gasteiger partial charge is 0.478 e. The molecule has 15 heavy (non-hydrogen) atoms. The second-order valence-electron chi connectivity index (χ2n) is 3.45. The number of hydrogen-bond acceptors (Lipinski definition) is 3. The fraction of sp³-hybridized carbons (Fsp3) is 0.273. The predicted molar refractivity (Wildman–Crippen MR) is 56.7 cm³/mol. The van der Waals surface area contributed by atoms with Gasteiger partial charge in [0.25, 0.3) is 0 Å². The molecular weight excluding hydrogens is 192 g/mol. The number of hydrogen-bond donors (Lipinski definition) is 2. The number of carboxylic acid groups (broad SMARTS) is 1. The van der Waals surface area contributed by atoms with E-state index in [4.69, 9.17) is 5.11 Å². The van der Waals surface area contributed by atoms with Crippen LogP contribution >= 0.6 is 0 Å². The first-order chi connectivity index (χ1) is 7.27. The van der Waals surface area contributed by atoms with E-state index in [1.165, 1.54) is 11.8 Å². The molecule has 4 heteroatoms. The third-order valence-corrected chi connectivity index (χ3v) is 2.42. The van der Waals surface area contributed by atoms with E-state index in [-0.39, 0.29) is 5.56 Å². The van der Waals surface area contributed by atoms with E-state index >= 15 is 0 Å². The summed E-state index contributed by atoms with van der Waals surface area (Å²) >= 11 is 0. The van der Waals surface area contributed by atoms with Crippen LogP contribution in [0.4, 0.5) is 0 Å². The van der Waals surface area contributed by atoms with Gasteiger partial charge in [-0.2, -0.15) is 0 Å². The number of carbonyl (C=O) groups is 1. The molecule has 2 heterocycles. The first-order valence-corrected chi connectivity index (χ1v) is 4.86. The van der Waals surface area contributed by atoms with Gasteiger partial charge in [-0.05, 0) is 30.2 Å². The van der Waals surface area contributed by atoms with E-state index in [1.54, 1.807) is 12.3 Å². The Morgan fingerprint density at radius 3 is 3.00 bits per heavy atom. The Kier molecular flexibility index (Phi) is 2.78. The van der Waals surface area contributed by atoms with Gasteiger partial charge in [-0.15, -0.1) is 0 Å². The summed E-state index contributed by atoms with van der Waals surface area (Å²) in [6.07, 6.45) is 6.08. The topological polar surface area (TPSA) is 62.2 Å². The van der Waals surface area contributed by atoms with Crippen LogP contribution in [-0.4, -0.2) is 29.1 Å². The highest BCUT2D eigenvalue weighted by molar-refractivity contribution is 5.88. The number of nitrogens with zero attached hydrogens (tertiary/aromatic N) is 1. The molecule has 0 saturated heterocycles. The summed E-state index contributed by atoms with van der Waals surface area (Å²) in [5, 5.41) is 12.0. The zero-order chi connectivity index (χ0) is 10.7. The maximum absolute atomic E-state index is 10.8. The van der Waals surface area contributed by atoms with Gasteiger partial charge < -0.3 is 10.4 Å². The van der Waals surface area contributed by atoms with Crippen molar-refractivity contribution in [3.63, 3.8) is 0 Å². The van der Waals surface area contributed by atoms with Crippen molar-refractivity contribution >= 4 is 11.5 Å². The van der Waals surface area contributed by atoms with Crippen LogP contribution in [0.15, 0.2) is 24.5 Å². The lowest BCUT2D eigenvalue weighted by atomic mass is 10.0. The van der Waals surface area contributed by atoms with Crippen LogP contribution in [0, 0.1) is 0 Å². The molecule has 0 aliphatic carbocycles. The third kappa shape index (κ3) is 2.22. The van der Waals surface area contributed by atoms with Crippen molar-refractivity contribution in [1.29, 1.82) is 0 Å². The second-order valence-corrected chi connectivity index (χ2v) is 3.45. The van der Waals surface area contributed by atoms with Gasteiger partial charge in [0.15, 0.2) is 0 Å². The van der Waals surface area contributed by atoms with E-state index in [2.05, 4.69) is 16.4 Å². The van der Waals surface area contributed by atoms with Crippen molar-refractivity contribution in [1.82, 2.24) is 10.3 Å². The molecule has 1 aromatic heterocycles. The van der Waals surface area contributed by atoms with E-state index in [0.717, 1.165) is 25.1 Å². The summed E-state index contributed by atoms with van der Waals surface area (Å²) in [6.45, 7) is 1.77. The molecule has 4 nitrogen and oxygen atoms in total. The van der Waals surface area contributed by atoms with Gasteiger partial charge in [-0.25, -0.2) is 4.79 Å². The van der Waals surface area contributed by atoms with Crippen LogP contribution in [0.25, 0.3) is 5.57 Å². The van der Waals surface area contributed by atoms with Crippen molar-refractivity contribution in [2.24, 2.45) is 0 Å². The molecule has 0 unspecified atom stereocenters. The molecule has 0 amide bonds. The fourth-order valence-corrected chi connectivity index (χ4v) is 1.62. The van der Waals surface area contributed by atoms with Gasteiger partial charge in [0.2, 0.25) is 0 Å². The molecule has 2 N–H and O–H groups in total. The molecular formula is C11H12N2O2. The van der Waals surface area contributed by atoms with Gasteiger partial charge >= 0.3 is 5.97 Å². The quantitative estimate of drug-likeness (QED) is 0.758. The number of pyridine rings is 1. The van der Waals surface area contributed by atoms with Crippen LogP contribution in [0.1, 0.15) is 22.3 Å². The monoisotopic (exact) mass is 204 g/mol. The summed E-state index contributed by atoms with van der Waals surface area (Å²) in [4.78, 5) is 14.7. The average molecular weight is 204 g/mol. The molecule has 0 bridgehead atoms.